The van der Waals surface area contributed by atoms with Gasteiger partial charge in [-0.2, -0.15) is 5.26 Å². The van der Waals surface area contributed by atoms with Crippen LogP contribution < -0.4 is 5.32 Å². The average Bonchev–Trinajstić information content (AvgIpc) is 2.36. The fourth-order valence-electron chi connectivity index (χ4n) is 1.24. The van der Waals surface area contributed by atoms with E-state index in [1.165, 1.54) is 0 Å². The normalized spacial score (nSPS) is 10.7. The first-order chi connectivity index (χ1) is 7.98. The van der Waals surface area contributed by atoms with Crippen molar-refractivity contribution in [1.29, 1.82) is 5.26 Å². The fourth-order valence-corrected chi connectivity index (χ4v) is 1.24. The largest absolute Gasteiger partial charge is 0.352 e. The molecule has 0 unspecified atom stereocenters. The monoisotopic (exact) mass is 230 g/mol. The molecule has 0 fully saturated rings. The van der Waals surface area contributed by atoms with Crippen LogP contribution in [0, 0.1) is 16.7 Å². The van der Waals surface area contributed by atoms with Crippen molar-refractivity contribution in [3.05, 3.63) is 35.4 Å². The van der Waals surface area contributed by atoms with E-state index in [-0.39, 0.29) is 11.3 Å². The standard InChI is InChI=1S/C14H18N2O/c1-4-14(2,3)10-16-13(17)12-7-5-11(9-15)6-8-12/h5-8H,4,10H2,1-3H3,(H,16,17). The van der Waals surface area contributed by atoms with Crippen LogP contribution in [-0.4, -0.2) is 12.5 Å². The van der Waals surface area contributed by atoms with Crippen LogP contribution in [0.15, 0.2) is 24.3 Å². The van der Waals surface area contributed by atoms with Crippen LogP contribution in [0.5, 0.6) is 0 Å². The molecule has 90 valence electrons. The van der Waals surface area contributed by atoms with Crippen LogP contribution in [-0.2, 0) is 0 Å². The average molecular weight is 230 g/mol. The number of rotatable bonds is 4. The first kappa shape index (κ1) is 13.2. The Kier molecular flexibility index (Phi) is 4.28. The Morgan fingerprint density at radius 3 is 2.41 bits per heavy atom. The highest BCUT2D eigenvalue weighted by atomic mass is 16.1. The van der Waals surface area contributed by atoms with E-state index in [0.29, 0.717) is 17.7 Å². The summed E-state index contributed by atoms with van der Waals surface area (Å²) in [7, 11) is 0. The predicted octanol–water partition coefficient (Wildman–Crippen LogP) is 2.72. The molecule has 3 heteroatoms. The van der Waals surface area contributed by atoms with Crippen LogP contribution in [0.25, 0.3) is 0 Å². The van der Waals surface area contributed by atoms with Gasteiger partial charge in [-0.05, 0) is 36.1 Å². The number of benzene rings is 1. The Hall–Kier alpha value is -1.82. The van der Waals surface area contributed by atoms with Crippen molar-refractivity contribution in [3.8, 4) is 6.07 Å². The predicted molar refractivity (Wildman–Crippen MR) is 67.6 cm³/mol. The van der Waals surface area contributed by atoms with E-state index in [1.807, 2.05) is 6.07 Å². The zero-order valence-electron chi connectivity index (χ0n) is 10.6. The fraction of sp³-hybridized carbons (Fsp3) is 0.429. The smallest absolute Gasteiger partial charge is 0.251 e. The number of carbonyl (C=O) groups is 1. The summed E-state index contributed by atoms with van der Waals surface area (Å²) in [5.41, 5.74) is 1.27. The summed E-state index contributed by atoms with van der Waals surface area (Å²) in [6.45, 7) is 6.99. The van der Waals surface area contributed by atoms with E-state index in [4.69, 9.17) is 5.26 Å². The molecule has 1 aromatic rings. The third-order valence-corrected chi connectivity index (χ3v) is 2.96. The van der Waals surface area contributed by atoms with Crippen LogP contribution in [0.4, 0.5) is 0 Å². The number of hydrogen-bond acceptors (Lipinski definition) is 2. The maximum Gasteiger partial charge on any atom is 0.251 e. The molecule has 0 spiro atoms. The molecule has 0 aliphatic carbocycles. The Labute approximate surface area is 102 Å². The van der Waals surface area contributed by atoms with Gasteiger partial charge < -0.3 is 5.32 Å². The SMILES string of the molecule is CCC(C)(C)CNC(=O)c1ccc(C#N)cc1. The highest BCUT2D eigenvalue weighted by molar-refractivity contribution is 5.94. The van der Waals surface area contributed by atoms with Gasteiger partial charge in [-0.25, -0.2) is 0 Å². The summed E-state index contributed by atoms with van der Waals surface area (Å²) in [6, 6.07) is 8.68. The molecular weight excluding hydrogens is 212 g/mol. The molecule has 1 amide bonds. The lowest BCUT2D eigenvalue weighted by Crippen LogP contribution is -2.33. The van der Waals surface area contributed by atoms with Crippen LogP contribution >= 0.6 is 0 Å². The van der Waals surface area contributed by atoms with Crippen molar-refractivity contribution in [3.63, 3.8) is 0 Å². The molecule has 0 radical (unpaired) electrons. The Bertz CT molecular complexity index is 427. The topological polar surface area (TPSA) is 52.9 Å². The number of nitrogens with zero attached hydrogens (tertiary/aromatic N) is 1. The Morgan fingerprint density at radius 2 is 1.94 bits per heavy atom. The molecule has 0 aromatic heterocycles. The summed E-state index contributed by atoms with van der Waals surface area (Å²) >= 11 is 0. The first-order valence-electron chi connectivity index (χ1n) is 5.77. The second-order valence-electron chi connectivity index (χ2n) is 4.89. The van der Waals surface area contributed by atoms with Gasteiger partial charge in [-0.15, -0.1) is 0 Å². The van der Waals surface area contributed by atoms with Crippen molar-refractivity contribution in [1.82, 2.24) is 5.32 Å². The van der Waals surface area contributed by atoms with E-state index in [0.717, 1.165) is 6.42 Å². The van der Waals surface area contributed by atoms with Crippen molar-refractivity contribution in [2.75, 3.05) is 6.54 Å². The molecular formula is C14H18N2O. The van der Waals surface area contributed by atoms with Crippen LogP contribution in [0.1, 0.15) is 43.1 Å². The molecule has 0 heterocycles. The summed E-state index contributed by atoms with van der Waals surface area (Å²) in [5.74, 6) is -0.0870. The van der Waals surface area contributed by atoms with E-state index < -0.39 is 0 Å². The highest BCUT2D eigenvalue weighted by Crippen LogP contribution is 2.17. The molecule has 1 aromatic carbocycles. The zero-order valence-corrected chi connectivity index (χ0v) is 10.6. The number of nitriles is 1. The molecule has 0 bridgehead atoms. The van der Waals surface area contributed by atoms with Gasteiger partial charge in [0.25, 0.3) is 5.91 Å². The van der Waals surface area contributed by atoms with Gasteiger partial charge >= 0.3 is 0 Å². The lowest BCUT2D eigenvalue weighted by Gasteiger charge is -2.22. The molecule has 0 saturated carbocycles. The maximum absolute atomic E-state index is 11.8. The van der Waals surface area contributed by atoms with Gasteiger partial charge in [-0.1, -0.05) is 20.8 Å². The minimum Gasteiger partial charge on any atom is -0.352 e. The molecule has 0 saturated heterocycles. The summed E-state index contributed by atoms with van der Waals surface area (Å²) < 4.78 is 0. The number of hydrogen-bond donors (Lipinski definition) is 1. The lowest BCUT2D eigenvalue weighted by atomic mass is 9.90. The molecule has 0 aliphatic rings. The van der Waals surface area contributed by atoms with E-state index in [9.17, 15) is 4.79 Å². The van der Waals surface area contributed by atoms with Crippen LogP contribution in [0.2, 0.25) is 0 Å². The van der Waals surface area contributed by atoms with Crippen molar-refractivity contribution >= 4 is 5.91 Å². The summed E-state index contributed by atoms with van der Waals surface area (Å²) in [5, 5.41) is 11.6. The highest BCUT2D eigenvalue weighted by Gasteiger charge is 2.16. The van der Waals surface area contributed by atoms with Crippen molar-refractivity contribution in [2.24, 2.45) is 5.41 Å². The molecule has 1 N–H and O–H groups in total. The number of amides is 1. The van der Waals surface area contributed by atoms with Gasteiger partial charge in [0.1, 0.15) is 0 Å². The lowest BCUT2D eigenvalue weighted by molar-refractivity contribution is 0.0935. The molecule has 17 heavy (non-hydrogen) atoms. The minimum atomic E-state index is -0.0870. The molecule has 3 nitrogen and oxygen atoms in total. The van der Waals surface area contributed by atoms with Crippen LogP contribution in [0.3, 0.4) is 0 Å². The second kappa shape index (κ2) is 5.49. The third kappa shape index (κ3) is 3.92. The quantitative estimate of drug-likeness (QED) is 0.864. The third-order valence-electron chi connectivity index (χ3n) is 2.96. The molecule has 0 aliphatic heterocycles. The van der Waals surface area contributed by atoms with Gasteiger partial charge in [-0.3, -0.25) is 4.79 Å². The zero-order chi connectivity index (χ0) is 12.9. The maximum atomic E-state index is 11.8. The van der Waals surface area contributed by atoms with Gasteiger partial charge in [0, 0.05) is 12.1 Å². The van der Waals surface area contributed by atoms with Crippen molar-refractivity contribution in [2.45, 2.75) is 27.2 Å². The Balaban J connectivity index is 2.62. The molecule has 1 rings (SSSR count). The number of nitrogens with one attached hydrogen (secondary N) is 1. The second-order valence-corrected chi connectivity index (χ2v) is 4.89. The van der Waals surface area contributed by atoms with E-state index in [1.54, 1.807) is 24.3 Å². The minimum absolute atomic E-state index is 0.0870. The van der Waals surface area contributed by atoms with Gasteiger partial charge in [0.15, 0.2) is 0 Å². The van der Waals surface area contributed by atoms with E-state index in [2.05, 4.69) is 26.1 Å². The van der Waals surface area contributed by atoms with E-state index >= 15 is 0 Å². The number of carbonyl (C=O) groups excluding carboxylic acids is 1. The van der Waals surface area contributed by atoms with Gasteiger partial charge in [0.2, 0.25) is 0 Å². The molecule has 0 atom stereocenters. The summed E-state index contributed by atoms with van der Waals surface area (Å²) in [6.07, 6.45) is 1.01. The summed E-state index contributed by atoms with van der Waals surface area (Å²) in [4.78, 5) is 11.8. The Morgan fingerprint density at radius 1 is 1.35 bits per heavy atom. The van der Waals surface area contributed by atoms with Crippen molar-refractivity contribution < 1.29 is 4.79 Å². The first-order valence-corrected chi connectivity index (χ1v) is 5.77. The van der Waals surface area contributed by atoms with Gasteiger partial charge in [0.05, 0.1) is 11.6 Å².